The third kappa shape index (κ3) is 7.33. The van der Waals surface area contributed by atoms with E-state index < -0.39 is 0 Å². The first kappa shape index (κ1) is 39.2. The summed E-state index contributed by atoms with van der Waals surface area (Å²) in [5.41, 5.74) is 15.3. The highest BCUT2D eigenvalue weighted by molar-refractivity contribution is 6.15. The van der Waals surface area contributed by atoms with Gasteiger partial charge in [0.25, 0.3) is 0 Å². The van der Waals surface area contributed by atoms with Gasteiger partial charge in [0.2, 0.25) is 0 Å². The minimum absolute atomic E-state index is 0.621. The zero-order valence-corrected chi connectivity index (χ0v) is 36.3. The van der Waals surface area contributed by atoms with Crippen molar-refractivity contribution in [2.75, 3.05) is 0 Å². The van der Waals surface area contributed by atoms with Crippen LogP contribution in [0.15, 0.2) is 186 Å². The van der Waals surface area contributed by atoms with Gasteiger partial charge < -0.3 is 8.98 Å². The third-order valence-corrected chi connectivity index (χ3v) is 12.6. The van der Waals surface area contributed by atoms with E-state index >= 15 is 0 Å². The zero-order chi connectivity index (χ0) is 43.0. The van der Waals surface area contributed by atoms with Crippen molar-refractivity contribution in [1.29, 1.82) is 0 Å². The lowest BCUT2D eigenvalue weighted by molar-refractivity contribution is 0.667. The van der Waals surface area contributed by atoms with Crippen molar-refractivity contribution in [3.05, 3.63) is 193 Å². The molecule has 0 spiro atoms. The van der Waals surface area contributed by atoms with Gasteiger partial charge in [0, 0.05) is 43.9 Å². The molecule has 5 heteroatoms. The Morgan fingerprint density at radius 2 is 1.02 bits per heavy atom. The summed E-state index contributed by atoms with van der Waals surface area (Å²) < 4.78 is 8.90. The second kappa shape index (κ2) is 16.9. The average molecular weight is 829 g/mol. The van der Waals surface area contributed by atoms with Crippen LogP contribution >= 0.6 is 0 Å². The van der Waals surface area contributed by atoms with Crippen molar-refractivity contribution in [2.24, 2.45) is 0 Å². The summed E-state index contributed by atoms with van der Waals surface area (Å²) in [5, 5.41) is 4.70. The molecule has 0 N–H and O–H groups in total. The summed E-state index contributed by atoms with van der Waals surface area (Å²) in [7, 11) is 0. The Kier molecular flexibility index (Phi) is 10.4. The number of aryl methyl sites for hydroxylation is 2. The largest absolute Gasteiger partial charge is 0.456 e. The predicted octanol–water partition coefficient (Wildman–Crippen LogP) is 15.9. The first-order chi connectivity index (χ1) is 31.6. The second-order valence-corrected chi connectivity index (χ2v) is 16.9. The number of para-hydroxylation sites is 2. The molecule has 0 aliphatic heterocycles. The smallest absolute Gasteiger partial charge is 0.164 e. The van der Waals surface area contributed by atoms with Crippen LogP contribution in [0.1, 0.15) is 50.7 Å². The molecule has 0 amide bonds. The Morgan fingerprint density at radius 3 is 1.80 bits per heavy atom. The highest BCUT2D eigenvalue weighted by Crippen LogP contribution is 2.41. The molecule has 0 aliphatic carbocycles. The van der Waals surface area contributed by atoms with E-state index in [1.807, 2.05) is 24.3 Å². The molecule has 0 fully saturated rings. The van der Waals surface area contributed by atoms with Crippen molar-refractivity contribution in [3.63, 3.8) is 0 Å². The minimum atomic E-state index is 0.621. The Hall–Kier alpha value is -7.63. The molecule has 5 nitrogen and oxygen atoms in total. The van der Waals surface area contributed by atoms with Gasteiger partial charge >= 0.3 is 0 Å². The van der Waals surface area contributed by atoms with E-state index in [1.54, 1.807) is 0 Å². The molecule has 3 heterocycles. The van der Waals surface area contributed by atoms with Gasteiger partial charge in [-0.15, -0.1) is 0 Å². The number of fused-ring (bicyclic) bond motifs is 6. The molecule has 310 valence electrons. The number of benzene rings is 8. The quantitative estimate of drug-likeness (QED) is 0.123. The molecule has 0 unspecified atom stereocenters. The van der Waals surface area contributed by atoms with E-state index in [9.17, 15) is 0 Å². The number of rotatable bonds is 12. The Bertz CT molecular complexity index is 3470. The maximum absolute atomic E-state index is 6.51. The number of aromatic nitrogens is 4. The fourth-order valence-electron chi connectivity index (χ4n) is 9.30. The van der Waals surface area contributed by atoms with Crippen LogP contribution in [0.2, 0.25) is 0 Å². The summed E-state index contributed by atoms with van der Waals surface area (Å²) in [6.07, 6.45) is 6.77. The lowest BCUT2D eigenvalue weighted by Gasteiger charge is -2.13. The molecule has 0 radical (unpaired) electrons. The van der Waals surface area contributed by atoms with Gasteiger partial charge in [-0.05, 0) is 102 Å². The minimum Gasteiger partial charge on any atom is -0.456 e. The summed E-state index contributed by atoms with van der Waals surface area (Å²) in [4.78, 5) is 15.5. The molecular weight excluding hydrogens is 781 g/mol. The Labute approximate surface area is 373 Å². The highest BCUT2D eigenvalue weighted by Gasteiger charge is 2.19. The lowest BCUT2D eigenvalue weighted by atomic mass is 9.94. The SMILES string of the molecule is CCCCc1ccc(-c2cccc(-c3nc(-c4ccccc4)nc(-c4cccc(-n5c6ccccc6c6ccc(-c7cc(CCCC)cc8oc9ccccc9c78)cc65)c4)n3)c2)cc1. The maximum atomic E-state index is 6.51. The van der Waals surface area contributed by atoms with Gasteiger partial charge in [-0.1, -0.05) is 166 Å². The number of nitrogens with zero attached hydrogens (tertiary/aromatic N) is 4. The number of furan rings is 1. The fraction of sp³-hybridized carbons (Fsp3) is 0.136. The standard InChI is InChI=1S/C59H48N4O/c1-3-5-16-39-28-30-41(31-29-39)43-20-14-21-45(36-43)58-60-57(42-18-8-7-9-19-42)61-59(62-58)46-22-15-23-47(37-46)63-52-26-12-10-24-48(52)49-33-32-44(38-53(49)63)51-34-40(17-6-4-2)35-55-56(51)50-25-11-13-27-54(50)64-55/h7-15,18-38H,3-6,16-17H2,1-2H3. The van der Waals surface area contributed by atoms with Gasteiger partial charge in [0.1, 0.15) is 11.2 Å². The van der Waals surface area contributed by atoms with Gasteiger partial charge in [-0.25, -0.2) is 15.0 Å². The topological polar surface area (TPSA) is 56.7 Å². The van der Waals surface area contributed by atoms with Gasteiger partial charge in [-0.3, -0.25) is 0 Å². The summed E-state index contributed by atoms with van der Waals surface area (Å²) in [5.74, 6) is 1.89. The normalized spacial score (nSPS) is 11.7. The number of hydrogen-bond acceptors (Lipinski definition) is 4. The molecule has 0 aliphatic rings. The van der Waals surface area contributed by atoms with Crippen LogP contribution in [0.25, 0.3) is 106 Å². The molecule has 11 rings (SSSR count). The van der Waals surface area contributed by atoms with Crippen LogP contribution < -0.4 is 0 Å². The van der Waals surface area contributed by atoms with Crippen molar-refractivity contribution >= 4 is 43.7 Å². The molecule has 8 aromatic carbocycles. The first-order valence-electron chi connectivity index (χ1n) is 22.7. The first-order valence-corrected chi connectivity index (χ1v) is 22.7. The molecule has 0 bridgehead atoms. The van der Waals surface area contributed by atoms with Crippen LogP contribution in [0.4, 0.5) is 0 Å². The third-order valence-electron chi connectivity index (χ3n) is 12.6. The maximum Gasteiger partial charge on any atom is 0.164 e. The fourth-order valence-corrected chi connectivity index (χ4v) is 9.30. The molecule has 64 heavy (non-hydrogen) atoms. The molecule has 3 aromatic heterocycles. The molecule has 11 aromatic rings. The van der Waals surface area contributed by atoms with E-state index in [0.717, 1.165) is 92.2 Å². The van der Waals surface area contributed by atoms with Crippen molar-refractivity contribution in [1.82, 2.24) is 19.5 Å². The van der Waals surface area contributed by atoms with E-state index in [0.29, 0.717) is 17.5 Å². The second-order valence-electron chi connectivity index (χ2n) is 16.9. The van der Waals surface area contributed by atoms with E-state index in [-0.39, 0.29) is 0 Å². The molecular formula is C59H48N4O. The van der Waals surface area contributed by atoms with Crippen molar-refractivity contribution in [3.8, 4) is 62.1 Å². The summed E-state index contributed by atoms with van der Waals surface area (Å²) >= 11 is 0. The van der Waals surface area contributed by atoms with E-state index in [4.69, 9.17) is 19.4 Å². The van der Waals surface area contributed by atoms with E-state index in [1.165, 1.54) is 45.9 Å². The van der Waals surface area contributed by atoms with Crippen LogP contribution in [0, 0.1) is 0 Å². The van der Waals surface area contributed by atoms with Crippen LogP contribution in [-0.2, 0) is 12.8 Å². The molecule has 0 saturated carbocycles. The van der Waals surface area contributed by atoms with Crippen LogP contribution in [-0.4, -0.2) is 19.5 Å². The van der Waals surface area contributed by atoms with Gasteiger partial charge in [-0.2, -0.15) is 0 Å². The monoisotopic (exact) mass is 828 g/mol. The predicted molar refractivity (Wildman–Crippen MR) is 266 cm³/mol. The summed E-state index contributed by atoms with van der Waals surface area (Å²) in [6, 6.07) is 65.0. The number of hydrogen-bond donors (Lipinski definition) is 0. The highest BCUT2D eigenvalue weighted by atomic mass is 16.3. The van der Waals surface area contributed by atoms with Crippen molar-refractivity contribution < 1.29 is 4.42 Å². The van der Waals surface area contributed by atoms with Crippen LogP contribution in [0.5, 0.6) is 0 Å². The molecule has 0 atom stereocenters. The van der Waals surface area contributed by atoms with Gasteiger partial charge in [0.15, 0.2) is 17.5 Å². The molecule has 0 saturated heterocycles. The van der Waals surface area contributed by atoms with E-state index in [2.05, 4.69) is 176 Å². The van der Waals surface area contributed by atoms with Crippen molar-refractivity contribution in [2.45, 2.75) is 52.4 Å². The summed E-state index contributed by atoms with van der Waals surface area (Å²) in [6.45, 7) is 4.49. The lowest BCUT2D eigenvalue weighted by Crippen LogP contribution is -2.01. The Morgan fingerprint density at radius 1 is 0.406 bits per heavy atom. The van der Waals surface area contributed by atoms with Crippen LogP contribution in [0.3, 0.4) is 0 Å². The average Bonchev–Trinajstić information content (AvgIpc) is 3.90. The zero-order valence-electron chi connectivity index (χ0n) is 36.3. The van der Waals surface area contributed by atoms with Gasteiger partial charge in [0.05, 0.1) is 11.0 Å². The number of unbranched alkanes of at least 4 members (excludes halogenated alkanes) is 2. The Balaban J connectivity index is 1.05.